The Balaban J connectivity index is 2.09. The van der Waals surface area contributed by atoms with E-state index in [-0.39, 0.29) is 12.0 Å². The number of nitrogens with zero attached hydrogens (tertiary/aromatic N) is 3. The van der Waals surface area contributed by atoms with Gasteiger partial charge >= 0.3 is 0 Å². The number of nitrogens with two attached hydrogens (primary N) is 1. The molecule has 1 aliphatic rings. The molecule has 0 radical (unpaired) electrons. The average Bonchev–Trinajstić information content (AvgIpc) is 2.29. The minimum absolute atomic E-state index is 0.241. The lowest BCUT2D eigenvalue weighted by molar-refractivity contribution is 0.0156. The van der Waals surface area contributed by atoms with Gasteiger partial charge in [-0.3, -0.25) is 0 Å². The van der Waals surface area contributed by atoms with E-state index in [1.807, 2.05) is 0 Å². The van der Waals surface area contributed by atoms with Crippen LogP contribution in [-0.2, 0) is 11.2 Å². The van der Waals surface area contributed by atoms with Gasteiger partial charge in [-0.25, -0.2) is 4.98 Å². The number of hydrogen-bond acceptors (Lipinski definition) is 5. The van der Waals surface area contributed by atoms with E-state index in [9.17, 15) is 0 Å². The van der Waals surface area contributed by atoms with E-state index in [4.69, 9.17) is 10.5 Å². The minimum atomic E-state index is 0.241. The summed E-state index contributed by atoms with van der Waals surface area (Å²) < 4.78 is 5.68. The van der Waals surface area contributed by atoms with Crippen LogP contribution in [0.25, 0.3) is 0 Å². The summed E-state index contributed by atoms with van der Waals surface area (Å²) in [6.45, 7) is 4.95. The SMILES string of the molecule is CC(C)c1nc(N)nc(CC2CCCCO2)n1. The van der Waals surface area contributed by atoms with Crippen molar-refractivity contribution in [1.29, 1.82) is 0 Å². The molecule has 1 aromatic rings. The van der Waals surface area contributed by atoms with Gasteiger partial charge in [-0.1, -0.05) is 13.8 Å². The van der Waals surface area contributed by atoms with Crippen molar-refractivity contribution in [2.24, 2.45) is 0 Å². The van der Waals surface area contributed by atoms with E-state index in [1.54, 1.807) is 0 Å². The van der Waals surface area contributed by atoms with Gasteiger partial charge in [0.2, 0.25) is 5.95 Å². The lowest BCUT2D eigenvalue weighted by Crippen LogP contribution is -2.23. The van der Waals surface area contributed by atoms with E-state index >= 15 is 0 Å². The highest BCUT2D eigenvalue weighted by Gasteiger charge is 2.17. The molecule has 2 heterocycles. The Bertz CT molecular complexity index is 375. The van der Waals surface area contributed by atoms with Gasteiger partial charge in [0.25, 0.3) is 0 Å². The largest absolute Gasteiger partial charge is 0.378 e. The second kappa shape index (κ2) is 5.40. The van der Waals surface area contributed by atoms with Crippen molar-refractivity contribution in [2.75, 3.05) is 12.3 Å². The van der Waals surface area contributed by atoms with Gasteiger partial charge in [-0.2, -0.15) is 9.97 Å². The Hall–Kier alpha value is -1.23. The summed E-state index contributed by atoms with van der Waals surface area (Å²) in [5, 5.41) is 0. The molecule has 0 spiro atoms. The van der Waals surface area contributed by atoms with E-state index in [2.05, 4.69) is 28.8 Å². The molecule has 94 valence electrons. The lowest BCUT2D eigenvalue weighted by atomic mass is 10.1. The molecule has 2 rings (SSSR count). The monoisotopic (exact) mass is 236 g/mol. The zero-order valence-corrected chi connectivity index (χ0v) is 10.5. The molecule has 0 amide bonds. The van der Waals surface area contributed by atoms with Gasteiger partial charge in [-0.15, -0.1) is 0 Å². The molecule has 0 saturated carbocycles. The molecule has 1 unspecified atom stereocenters. The van der Waals surface area contributed by atoms with Crippen molar-refractivity contribution in [3.05, 3.63) is 11.6 Å². The molecule has 1 fully saturated rings. The second-order valence-electron chi connectivity index (χ2n) is 4.82. The number of rotatable bonds is 3. The molecule has 1 atom stereocenters. The Morgan fingerprint density at radius 1 is 1.29 bits per heavy atom. The Morgan fingerprint density at radius 3 is 2.76 bits per heavy atom. The fourth-order valence-electron chi connectivity index (χ4n) is 1.98. The van der Waals surface area contributed by atoms with Crippen LogP contribution >= 0.6 is 0 Å². The van der Waals surface area contributed by atoms with Gasteiger partial charge in [-0.05, 0) is 19.3 Å². The maximum Gasteiger partial charge on any atom is 0.223 e. The summed E-state index contributed by atoms with van der Waals surface area (Å²) in [7, 11) is 0. The fraction of sp³-hybridized carbons (Fsp3) is 0.750. The van der Waals surface area contributed by atoms with Crippen molar-refractivity contribution in [1.82, 2.24) is 15.0 Å². The predicted octanol–water partition coefficient (Wildman–Crippen LogP) is 1.69. The third kappa shape index (κ3) is 3.36. The first-order valence-corrected chi connectivity index (χ1v) is 6.27. The van der Waals surface area contributed by atoms with Crippen LogP contribution in [0.1, 0.15) is 50.7 Å². The Labute approximate surface area is 102 Å². The first kappa shape index (κ1) is 12.2. The van der Waals surface area contributed by atoms with E-state index in [1.165, 1.54) is 6.42 Å². The van der Waals surface area contributed by atoms with Crippen molar-refractivity contribution >= 4 is 5.95 Å². The van der Waals surface area contributed by atoms with Gasteiger partial charge in [0.15, 0.2) is 0 Å². The van der Waals surface area contributed by atoms with E-state index in [0.717, 1.165) is 37.5 Å². The Kier molecular flexibility index (Phi) is 3.89. The standard InChI is InChI=1S/C12H20N4O/c1-8(2)11-14-10(15-12(13)16-11)7-9-5-3-4-6-17-9/h8-9H,3-7H2,1-2H3,(H2,13,14,15,16). The molecule has 0 aromatic carbocycles. The highest BCUT2D eigenvalue weighted by Crippen LogP contribution is 2.17. The molecule has 0 aliphatic carbocycles. The minimum Gasteiger partial charge on any atom is -0.378 e. The molecule has 1 aliphatic heterocycles. The van der Waals surface area contributed by atoms with E-state index in [0.29, 0.717) is 5.95 Å². The number of nitrogen functional groups attached to an aromatic ring is 1. The van der Waals surface area contributed by atoms with Crippen molar-refractivity contribution in [3.63, 3.8) is 0 Å². The predicted molar refractivity (Wildman–Crippen MR) is 65.6 cm³/mol. The molecule has 5 nitrogen and oxygen atoms in total. The maximum atomic E-state index is 5.70. The first-order chi connectivity index (χ1) is 8.15. The third-order valence-electron chi connectivity index (χ3n) is 2.92. The smallest absolute Gasteiger partial charge is 0.223 e. The molecular formula is C12H20N4O. The zero-order chi connectivity index (χ0) is 12.3. The normalized spacial score (nSPS) is 20.8. The first-order valence-electron chi connectivity index (χ1n) is 6.27. The quantitative estimate of drug-likeness (QED) is 0.864. The molecule has 1 saturated heterocycles. The van der Waals surface area contributed by atoms with Gasteiger partial charge in [0.1, 0.15) is 11.6 Å². The second-order valence-corrected chi connectivity index (χ2v) is 4.82. The van der Waals surface area contributed by atoms with Crippen LogP contribution in [0.5, 0.6) is 0 Å². The van der Waals surface area contributed by atoms with Crippen molar-refractivity contribution < 1.29 is 4.74 Å². The van der Waals surface area contributed by atoms with Crippen LogP contribution in [0.15, 0.2) is 0 Å². The van der Waals surface area contributed by atoms with Gasteiger partial charge in [0, 0.05) is 18.9 Å². The topological polar surface area (TPSA) is 73.9 Å². The summed E-state index contributed by atoms with van der Waals surface area (Å²) in [4.78, 5) is 12.8. The fourth-order valence-corrected chi connectivity index (χ4v) is 1.98. The summed E-state index contributed by atoms with van der Waals surface area (Å²) >= 11 is 0. The van der Waals surface area contributed by atoms with Crippen LogP contribution in [0, 0.1) is 0 Å². The summed E-state index contributed by atoms with van der Waals surface area (Å²) in [6.07, 6.45) is 4.45. The highest BCUT2D eigenvalue weighted by molar-refractivity contribution is 5.17. The molecule has 1 aromatic heterocycles. The maximum absolute atomic E-state index is 5.70. The average molecular weight is 236 g/mol. The van der Waals surface area contributed by atoms with Crippen LogP contribution in [0.4, 0.5) is 5.95 Å². The third-order valence-corrected chi connectivity index (χ3v) is 2.92. The number of ether oxygens (including phenoxy) is 1. The molecular weight excluding hydrogens is 216 g/mol. The number of anilines is 1. The van der Waals surface area contributed by atoms with Gasteiger partial charge < -0.3 is 10.5 Å². The number of hydrogen-bond donors (Lipinski definition) is 1. The number of aromatic nitrogens is 3. The highest BCUT2D eigenvalue weighted by atomic mass is 16.5. The molecule has 5 heteroatoms. The molecule has 0 bridgehead atoms. The van der Waals surface area contributed by atoms with Crippen LogP contribution in [-0.4, -0.2) is 27.7 Å². The molecule has 2 N–H and O–H groups in total. The van der Waals surface area contributed by atoms with Crippen LogP contribution in [0.2, 0.25) is 0 Å². The van der Waals surface area contributed by atoms with Gasteiger partial charge in [0.05, 0.1) is 6.10 Å². The van der Waals surface area contributed by atoms with Crippen molar-refractivity contribution in [3.8, 4) is 0 Å². The summed E-state index contributed by atoms with van der Waals surface area (Å²) in [5.41, 5.74) is 5.70. The molecule has 17 heavy (non-hydrogen) atoms. The van der Waals surface area contributed by atoms with E-state index < -0.39 is 0 Å². The van der Waals surface area contributed by atoms with Crippen LogP contribution < -0.4 is 5.73 Å². The zero-order valence-electron chi connectivity index (χ0n) is 10.5. The van der Waals surface area contributed by atoms with Crippen molar-refractivity contribution in [2.45, 2.75) is 51.6 Å². The lowest BCUT2D eigenvalue weighted by Gasteiger charge is -2.22. The van der Waals surface area contributed by atoms with Crippen LogP contribution in [0.3, 0.4) is 0 Å². The summed E-state index contributed by atoms with van der Waals surface area (Å²) in [5.74, 6) is 2.11. The summed E-state index contributed by atoms with van der Waals surface area (Å²) in [6, 6.07) is 0. The Morgan fingerprint density at radius 2 is 2.12 bits per heavy atom.